The second-order valence-electron chi connectivity index (χ2n) is 3.25. The molecule has 0 heterocycles. The number of ether oxygens (including phenoxy) is 1. The van der Waals surface area contributed by atoms with Gasteiger partial charge in [-0.25, -0.2) is 4.79 Å². The predicted octanol–water partition coefficient (Wildman–Crippen LogP) is 1.07. The molecular weight excluding hydrogens is 246 g/mol. The molecular formula is C10H11NO7. The van der Waals surface area contributed by atoms with Gasteiger partial charge in [-0.3, -0.25) is 0 Å². The van der Waals surface area contributed by atoms with Crippen LogP contribution in [0.2, 0.25) is 0 Å². The molecule has 0 aliphatic heterocycles. The minimum atomic E-state index is -1.16. The van der Waals surface area contributed by atoms with Gasteiger partial charge >= 0.3 is 5.97 Å². The molecule has 0 atom stereocenters. The number of benzene rings is 1. The van der Waals surface area contributed by atoms with E-state index in [0.717, 1.165) is 6.07 Å². The van der Waals surface area contributed by atoms with Crippen LogP contribution in [0.25, 0.3) is 0 Å². The van der Waals surface area contributed by atoms with Gasteiger partial charge < -0.3 is 19.8 Å². The molecule has 0 aliphatic rings. The van der Waals surface area contributed by atoms with Crippen LogP contribution in [0.15, 0.2) is 18.2 Å². The molecule has 0 saturated heterocycles. The first-order valence-corrected chi connectivity index (χ1v) is 4.97. The van der Waals surface area contributed by atoms with Crippen molar-refractivity contribution in [3.63, 3.8) is 0 Å². The largest absolute Gasteiger partial charge is 0.504 e. The Balaban J connectivity index is 2.43. The molecule has 0 fully saturated rings. The highest BCUT2D eigenvalue weighted by Crippen LogP contribution is 2.26. The maximum atomic E-state index is 10.6. The zero-order valence-electron chi connectivity index (χ0n) is 9.24. The Kier molecular flexibility index (Phi) is 4.73. The van der Waals surface area contributed by atoms with E-state index in [1.165, 1.54) is 12.1 Å². The van der Waals surface area contributed by atoms with Crippen molar-refractivity contribution < 1.29 is 29.7 Å². The lowest BCUT2D eigenvalue weighted by Crippen LogP contribution is -2.07. The van der Waals surface area contributed by atoms with Gasteiger partial charge in [-0.1, -0.05) is 0 Å². The minimum Gasteiger partial charge on any atom is -0.504 e. The van der Waals surface area contributed by atoms with Crippen molar-refractivity contribution in [2.45, 2.75) is 6.42 Å². The summed E-state index contributed by atoms with van der Waals surface area (Å²) in [7, 11) is 0. The number of phenolic OH excluding ortho intramolecular Hbond substituents is 1. The fourth-order valence-corrected chi connectivity index (χ4v) is 1.15. The number of nitrogens with zero attached hydrogens (tertiary/aromatic N) is 1. The Morgan fingerprint density at radius 2 is 2.11 bits per heavy atom. The molecule has 0 amide bonds. The molecule has 8 heteroatoms. The summed E-state index contributed by atoms with van der Waals surface area (Å²) >= 11 is 0. The van der Waals surface area contributed by atoms with Crippen molar-refractivity contribution in [2.75, 3.05) is 13.2 Å². The topological polar surface area (TPSA) is 119 Å². The number of aromatic carboxylic acids is 1. The van der Waals surface area contributed by atoms with Crippen LogP contribution < -0.4 is 4.74 Å². The molecule has 1 rings (SSSR count). The summed E-state index contributed by atoms with van der Waals surface area (Å²) in [6.07, 6.45) is 0.265. The fourth-order valence-electron chi connectivity index (χ4n) is 1.15. The van der Waals surface area contributed by atoms with Gasteiger partial charge in [0.1, 0.15) is 0 Å². The standard InChI is InChI=1S/C10H11NO7/c12-8-6-7(10(13)14)2-3-9(8)17-4-1-5-18-11(15)16/h2-3,6,12H,1,4-5H2,(H,13,14). The van der Waals surface area contributed by atoms with Crippen molar-refractivity contribution in [3.05, 3.63) is 33.9 Å². The minimum absolute atomic E-state index is 0.0588. The third-order valence-electron chi connectivity index (χ3n) is 1.95. The summed E-state index contributed by atoms with van der Waals surface area (Å²) in [4.78, 5) is 24.5. The Morgan fingerprint density at radius 3 is 2.67 bits per heavy atom. The lowest BCUT2D eigenvalue weighted by Gasteiger charge is -2.08. The second-order valence-corrected chi connectivity index (χ2v) is 3.25. The maximum Gasteiger partial charge on any atom is 0.335 e. The van der Waals surface area contributed by atoms with Crippen LogP contribution in [0.3, 0.4) is 0 Å². The number of hydrogen-bond acceptors (Lipinski definition) is 6. The quantitative estimate of drug-likeness (QED) is 0.426. The van der Waals surface area contributed by atoms with Crippen LogP contribution in [-0.4, -0.2) is 34.5 Å². The fraction of sp³-hybridized carbons (Fsp3) is 0.300. The van der Waals surface area contributed by atoms with Gasteiger partial charge in [0, 0.05) is 6.42 Å². The van der Waals surface area contributed by atoms with Gasteiger partial charge in [-0.05, 0) is 18.2 Å². The molecule has 0 saturated carbocycles. The third kappa shape index (κ3) is 4.16. The Bertz CT molecular complexity index is 446. The van der Waals surface area contributed by atoms with Gasteiger partial charge in [-0.2, -0.15) is 0 Å². The molecule has 8 nitrogen and oxygen atoms in total. The summed E-state index contributed by atoms with van der Waals surface area (Å²) in [6, 6.07) is 3.66. The van der Waals surface area contributed by atoms with Crippen molar-refractivity contribution in [3.8, 4) is 11.5 Å². The highest BCUT2D eigenvalue weighted by Gasteiger charge is 2.08. The Morgan fingerprint density at radius 1 is 1.39 bits per heavy atom. The van der Waals surface area contributed by atoms with Gasteiger partial charge in [0.15, 0.2) is 11.5 Å². The smallest absolute Gasteiger partial charge is 0.335 e. The summed E-state index contributed by atoms with van der Waals surface area (Å²) in [6.45, 7) is -0.00517. The SMILES string of the molecule is O=C(O)c1ccc(OCCCO[N+](=O)[O-])c(O)c1. The third-order valence-corrected chi connectivity index (χ3v) is 1.95. The van der Waals surface area contributed by atoms with Crippen LogP contribution in [0.1, 0.15) is 16.8 Å². The summed E-state index contributed by atoms with van der Waals surface area (Å²) < 4.78 is 5.11. The molecule has 0 aliphatic carbocycles. The lowest BCUT2D eigenvalue weighted by molar-refractivity contribution is -0.757. The summed E-state index contributed by atoms with van der Waals surface area (Å²) in [5.41, 5.74) is -0.0588. The van der Waals surface area contributed by atoms with E-state index in [4.69, 9.17) is 9.84 Å². The van der Waals surface area contributed by atoms with Gasteiger partial charge in [0.05, 0.1) is 18.8 Å². The van der Waals surface area contributed by atoms with Crippen LogP contribution >= 0.6 is 0 Å². The Hall–Kier alpha value is -2.51. The highest BCUT2D eigenvalue weighted by atomic mass is 16.9. The lowest BCUT2D eigenvalue weighted by atomic mass is 10.2. The molecule has 0 unspecified atom stereocenters. The van der Waals surface area contributed by atoms with Crippen LogP contribution in [0.4, 0.5) is 0 Å². The number of carboxylic acid groups (broad SMARTS) is 1. The van der Waals surface area contributed by atoms with E-state index in [-0.39, 0.29) is 36.7 Å². The number of rotatable bonds is 7. The summed E-state index contributed by atoms with van der Waals surface area (Å²) in [5, 5.41) is 27.1. The molecule has 2 N–H and O–H groups in total. The molecule has 18 heavy (non-hydrogen) atoms. The Labute approximate surface area is 101 Å². The molecule has 0 bridgehead atoms. The predicted molar refractivity (Wildman–Crippen MR) is 58.1 cm³/mol. The first-order chi connectivity index (χ1) is 8.50. The number of phenols is 1. The van der Waals surface area contributed by atoms with Crippen LogP contribution in [-0.2, 0) is 4.84 Å². The normalized spacial score (nSPS) is 9.78. The van der Waals surface area contributed by atoms with E-state index in [1.807, 2.05) is 0 Å². The molecule has 1 aromatic rings. The molecule has 0 spiro atoms. The molecule has 1 aromatic carbocycles. The molecule has 98 valence electrons. The van der Waals surface area contributed by atoms with Gasteiger partial charge in [-0.15, -0.1) is 10.1 Å². The van der Waals surface area contributed by atoms with E-state index < -0.39 is 11.1 Å². The van der Waals surface area contributed by atoms with Crippen LogP contribution in [0.5, 0.6) is 11.5 Å². The number of carboxylic acids is 1. The van der Waals surface area contributed by atoms with E-state index in [2.05, 4.69) is 4.84 Å². The molecule has 0 aromatic heterocycles. The van der Waals surface area contributed by atoms with E-state index in [1.54, 1.807) is 0 Å². The van der Waals surface area contributed by atoms with E-state index in [0.29, 0.717) is 0 Å². The highest BCUT2D eigenvalue weighted by molar-refractivity contribution is 5.88. The van der Waals surface area contributed by atoms with Gasteiger partial charge in [0.25, 0.3) is 5.09 Å². The van der Waals surface area contributed by atoms with E-state index >= 15 is 0 Å². The van der Waals surface area contributed by atoms with Crippen molar-refractivity contribution in [1.29, 1.82) is 0 Å². The number of carbonyl (C=O) groups is 1. The number of hydrogen-bond donors (Lipinski definition) is 2. The second kappa shape index (κ2) is 6.28. The average molecular weight is 257 g/mol. The first kappa shape index (κ1) is 13.6. The number of aromatic hydroxyl groups is 1. The zero-order valence-corrected chi connectivity index (χ0v) is 9.24. The van der Waals surface area contributed by atoms with Crippen molar-refractivity contribution in [1.82, 2.24) is 0 Å². The summed E-state index contributed by atoms with van der Waals surface area (Å²) in [5.74, 6) is -1.34. The maximum absolute atomic E-state index is 10.6. The average Bonchev–Trinajstić information content (AvgIpc) is 2.29. The van der Waals surface area contributed by atoms with E-state index in [9.17, 15) is 20.0 Å². The van der Waals surface area contributed by atoms with Gasteiger partial charge in [0.2, 0.25) is 0 Å². The van der Waals surface area contributed by atoms with Crippen molar-refractivity contribution in [2.24, 2.45) is 0 Å². The van der Waals surface area contributed by atoms with Crippen molar-refractivity contribution >= 4 is 5.97 Å². The molecule has 0 radical (unpaired) electrons. The van der Waals surface area contributed by atoms with Crippen LogP contribution in [0, 0.1) is 10.1 Å². The monoisotopic (exact) mass is 257 g/mol. The zero-order chi connectivity index (χ0) is 13.5. The first-order valence-electron chi connectivity index (χ1n) is 4.97.